The fourth-order valence-corrected chi connectivity index (χ4v) is 1.44. The monoisotopic (exact) mass is 291 g/mol. The summed E-state index contributed by atoms with van der Waals surface area (Å²) in [6.07, 6.45) is -4.52. The molecule has 1 unspecified atom stereocenters. The van der Waals surface area contributed by atoms with E-state index in [1.807, 2.05) is 0 Å². The molecule has 114 valence electrons. The first-order chi connectivity index (χ1) is 9.08. The number of alkyl halides is 3. The standard InChI is InChI=1S/C14H20F3NO2/c1-9(2)13(3,19)8-20-12-5-4-10(7-18)6-11(12)14(15,16)17/h4-6,9,19H,7-8,18H2,1-3H3. The Morgan fingerprint density at radius 1 is 1.30 bits per heavy atom. The van der Waals surface area contributed by atoms with Crippen molar-refractivity contribution in [3.8, 4) is 5.75 Å². The Labute approximate surface area is 116 Å². The molecule has 0 aliphatic carbocycles. The van der Waals surface area contributed by atoms with Crippen LogP contribution in [0.4, 0.5) is 13.2 Å². The van der Waals surface area contributed by atoms with Gasteiger partial charge in [0.05, 0.1) is 11.2 Å². The van der Waals surface area contributed by atoms with Gasteiger partial charge in [-0.05, 0) is 30.5 Å². The molecule has 0 amide bonds. The van der Waals surface area contributed by atoms with E-state index < -0.39 is 17.3 Å². The summed E-state index contributed by atoms with van der Waals surface area (Å²) in [5.74, 6) is -0.434. The summed E-state index contributed by atoms with van der Waals surface area (Å²) >= 11 is 0. The van der Waals surface area contributed by atoms with Gasteiger partial charge in [-0.1, -0.05) is 19.9 Å². The van der Waals surface area contributed by atoms with Gasteiger partial charge in [-0.3, -0.25) is 0 Å². The van der Waals surface area contributed by atoms with Crippen LogP contribution in [-0.4, -0.2) is 17.3 Å². The maximum Gasteiger partial charge on any atom is 0.419 e. The van der Waals surface area contributed by atoms with Crippen molar-refractivity contribution in [3.63, 3.8) is 0 Å². The minimum atomic E-state index is -4.52. The van der Waals surface area contributed by atoms with Crippen LogP contribution >= 0.6 is 0 Å². The van der Waals surface area contributed by atoms with E-state index in [1.165, 1.54) is 19.1 Å². The summed E-state index contributed by atoms with van der Waals surface area (Å²) in [6.45, 7) is 4.87. The van der Waals surface area contributed by atoms with Crippen LogP contribution in [0.15, 0.2) is 18.2 Å². The molecule has 3 N–H and O–H groups in total. The molecular weight excluding hydrogens is 271 g/mol. The summed E-state index contributed by atoms with van der Waals surface area (Å²) < 4.78 is 44.1. The van der Waals surface area contributed by atoms with Gasteiger partial charge in [-0.15, -0.1) is 0 Å². The number of hydrogen-bond acceptors (Lipinski definition) is 3. The van der Waals surface area contributed by atoms with Gasteiger partial charge in [0.25, 0.3) is 0 Å². The SMILES string of the molecule is CC(C)C(C)(O)COc1ccc(CN)cc1C(F)(F)F. The largest absolute Gasteiger partial charge is 0.490 e. The molecule has 0 bridgehead atoms. The Kier molecular flexibility index (Phi) is 5.05. The lowest BCUT2D eigenvalue weighted by atomic mass is 9.94. The van der Waals surface area contributed by atoms with Crippen LogP contribution < -0.4 is 10.5 Å². The van der Waals surface area contributed by atoms with E-state index in [0.29, 0.717) is 5.56 Å². The van der Waals surface area contributed by atoms with E-state index >= 15 is 0 Å². The summed E-state index contributed by atoms with van der Waals surface area (Å²) in [5, 5.41) is 10.0. The quantitative estimate of drug-likeness (QED) is 0.877. The van der Waals surface area contributed by atoms with E-state index in [2.05, 4.69) is 0 Å². The van der Waals surface area contributed by atoms with Crippen LogP contribution in [-0.2, 0) is 12.7 Å². The van der Waals surface area contributed by atoms with Gasteiger partial charge in [0.1, 0.15) is 12.4 Å². The molecule has 6 heteroatoms. The second-order valence-corrected chi connectivity index (χ2v) is 5.33. The molecule has 0 radical (unpaired) electrons. The molecule has 0 spiro atoms. The van der Waals surface area contributed by atoms with Gasteiger partial charge in [0.2, 0.25) is 0 Å². The Morgan fingerprint density at radius 2 is 1.90 bits per heavy atom. The first kappa shape index (κ1) is 16.8. The van der Waals surface area contributed by atoms with Gasteiger partial charge in [0.15, 0.2) is 0 Å². The first-order valence-corrected chi connectivity index (χ1v) is 6.33. The maximum atomic E-state index is 13.0. The highest BCUT2D eigenvalue weighted by molar-refractivity contribution is 5.39. The number of benzene rings is 1. The average Bonchev–Trinajstić information content (AvgIpc) is 2.35. The minimum absolute atomic E-state index is 0.0209. The molecular formula is C14H20F3NO2. The number of ether oxygens (including phenoxy) is 1. The van der Waals surface area contributed by atoms with Crippen LogP contribution in [0.2, 0.25) is 0 Å². The van der Waals surface area contributed by atoms with Crippen molar-refractivity contribution >= 4 is 0 Å². The molecule has 0 aliphatic rings. The topological polar surface area (TPSA) is 55.5 Å². The molecule has 3 nitrogen and oxygen atoms in total. The molecule has 0 saturated carbocycles. The molecule has 0 aliphatic heterocycles. The van der Waals surface area contributed by atoms with Crippen molar-refractivity contribution in [3.05, 3.63) is 29.3 Å². The normalized spacial score (nSPS) is 15.2. The van der Waals surface area contributed by atoms with Gasteiger partial charge >= 0.3 is 6.18 Å². The minimum Gasteiger partial charge on any atom is -0.490 e. The van der Waals surface area contributed by atoms with Crippen LogP contribution in [0, 0.1) is 5.92 Å². The highest BCUT2D eigenvalue weighted by atomic mass is 19.4. The first-order valence-electron chi connectivity index (χ1n) is 6.33. The Balaban J connectivity index is 3.01. The summed E-state index contributed by atoms with van der Waals surface area (Å²) in [4.78, 5) is 0. The molecule has 1 atom stereocenters. The molecule has 0 aromatic heterocycles. The number of halogens is 3. The van der Waals surface area contributed by atoms with Crippen LogP contribution in [0.3, 0.4) is 0 Å². The summed E-state index contributed by atoms with van der Waals surface area (Å²) in [5.41, 5.74) is 3.65. The van der Waals surface area contributed by atoms with E-state index in [4.69, 9.17) is 10.5 Å². The summed E-state index contributed by atoms with van der Waals surface area (Å²) in [6, 6.07) is 3.69. The number of rotatable bonds is 5. The van der Waals surface area contributed by atoms with Crippen molar-refractivity contribution in [2.24, 2.45) is 11.7 Å². The highest BCUT2D eigenvalue weighted by Gasteiger charge is 2.35. The Hall–Kier alpha value is -1.27. The number of nitrogens with two attached hydrogens (primary N) is 1. The molecule has 20 heavy (non-hydrogen) atoms. The number of aliphatic hydroxyl groups is 1. The van der Waals surface area contributed by atoms with E-state index in [1.54, 1.807) is 13.8 Å². The van der Waals surface area contributed by atoms with Gasteiger partial charge in [-0.25, -0.2) is 0 Å². The van der Waals surface area contributed by atoms with Crippen molar-refractivity contribution in [2.45, 2.75) is 39.1 Å². The predicted octanol–water partition coefficient (Wildman–Crippen LogP) is 2.95. The average molecular weight is 291 g/mol. The second-order valence-electron chi connectivity index (χ2n) is 5.33. The molecule has 1 rings (SSSR count). The van der Waals surface area contributed by atoms with Crippen molar-refractivity contribution < 1.29 is 23.0 Å². The molecule has 0 fully saturated rings. The zero-order valence-electron chi connectivity index (χ0n) is 11.8. The second kappa shape index (κ2) is 6.01. The zero-order chi connectivity index (χ0) is 15.6. The third kappa shape index (κ3) is 4.11. The smallest absolute Gasteiger partial charge is 0.419 e. The lowest BCUT2D eigenvalue weighted by Gasteiger charge is -2.28. The van der Waals surface area contributed by atoms with Crippen LogP contribution in [0.1, 0.15) is 31.9 Å². The molecule has 1 aromatic rings. The lowest BCUT2D eigenvalue weighted by molar-refractivity contribution is -0.139. The molecule has 1 aromatic carbocycles. The summed E-state index contributed by atoms with van der Waals surface area (Å²) in [7, 11) is 0. The van der Waals surface area contributed by atoms with Crippen LogP contribution in [0.25, 0.3) is 0 Å². The number of hydrogen-bond donors (Lipinski definition) is 2. The molecule has 0 saturated heterocycles. The van der Waals surface area contributed by atoms with Crippen molar-refractivity contribution in [1.82, 2.24) is 0 Å². The van der Waals surface area contributed by atoms with E-state index in [0.717, 1.165) is 6.07 Å². The van der Waals surface area contributed by atoms with Crippen molar-refractivity contribution in [2.75, 3.05) is 6.61 Å². The lowest BCUT2D eigenvalue weighted by Crippen LogP contribution is -2.38. The Bertz CT molecular complexity index is 456. The fourth-order valence-electron chi connectivity index (χ4n) is 1.44. The van der Waals surface area contributed by atoms with Crippen LogP contribution in [0.5, 0.6) is 5.75 Å². The predicted molar refractivity (Wildman–Crippen MR) is 70.3 cm³/mol. The van der Waals surface area contributed by atoms with Crippen molar-refractivity contribution in [1.29, 1.82) is 0 Å². The maximum absolute atomic E-state index is 13.0. The van der Waals surface area contributed by atoms with E-state index in [-0.39, 0.29) is 24.8 Å². The van der Waals surface area contributed by atoms with Gasteiger partial charge in [-0.2, -0.15) is 13.2 Å². The van der Waals surface area contributed by atoms with Gasteiger partial charge < -0.3 is 15.6 Å². The third-order valence-electron chi connectivity index (χ3n) is 3.35. The fraction of sp³-hybridized carbons (Fsp3) is 0.571. The molecule has 0 heterocycles. The van der Waals surface area contributed by atoms with E-state index in [9.17, 15) is 18.3 Å². The van der Waals surface area contributed by atoms with Gasteiger partial charge in [0, 0.05) is 6.54 Å². The third-order valence-corrected chi connectivity index (χ3v) is 3.35. The zero-order valence-corrected chi connectivity index (χ0v) is 11.8. The highest BCUT2D eigenvalue weighted by Crippen LogP contribution is 2.37. The Morgan fingerprint density at radius 3 is 2.35 bits per heavy atom.